The van der Waals surface area contributed by atoms with Crippen LogP contribution in [0.4, 0.5) is 0 Å². The molecular formula is C8H14O6S. The van der Waals surface area contributed by atoms with Gasteiger partial charge in [-0.1, -0.05) is 11.8 Å². The number of thioether (sulfide) groups is 1. The van der Waals surface area contributed by atoms with Crippen LogP contribution in [0.25, 0.3) is 0 Å². The first-order chi connectivity index (χ1) is 6.93. The van der Waals surface area contributed by atoms with Crippen molar-refractivity contribution in [3.63, 3.8) is 0 Å². The van der Waals surface area contributed by atoms with Gasteiger partial charge in [0, 0.05) is 12.7 Å². The summed E-state index contributed by atoms with van der Waals surface area (Å²) in [7, 11) is 0. The van der Waals surface area contributed by atoms with Gasteiger partial charge in [-0.3, -0.25) is 4.79 Å². The molecule has 0 radical (unpaired) electrons. The number of carbonyl (C=O) groups is 1. The molecule has 0 spiro atoms. The fraction of sp³-hybridized carbons (Fsp3) is 0.875. The number of rotatable bonds is 2. The lowest BCUT2D eigenvalue weighted by Gasteiger charge is -2.38. The molecule has 0 aromatic heterocycles. The lowest BCUT2D eigenvalue weighted by atomic mass is 10.0. The highest BCUT2D eigenvalue weighted by atomic mass is 32.2. The first kappa shape index (κ1) is 12.9. The first-order valence-corrected chi connectivity index (χ1v) is 5.43. The van der Waals surface area contributed by atoms with E-state index in [1.807, 2.05) is 0 Å². The minimum atomic E-state index is -1.54. The molecule has 0 bridgehead atoms. The molecule has 0 saturated carbocycles. The van der Waals surface area contributed by atoms with Gasteiger partial charge >= 0.3 is 0 Å². The average molecular weight is 238 g/mol. The smallest absolute Gasteiger partial charge is 0.185 e. The van der Waals surface area contributed by atoms with E-state index in [1.54, 1.807) is 0 Å². The molecule has 4 N–H and O–H groups in total. The zero-order valence-electron chi connectivity index (χ0n) is 8.11. The van der Waals surface area contributed by atoms with E-state index in [-0.39, 0.29) is 10.9 Å². The van der Waals surface area contributed by atoms with Crippen molar-refractivity contribution in [1.82, 2.24) is 0 Å². The van der Waals surface area contributed by atoms with Gasteiger partial charge in [0.1, 0.15) is 18.3 Å². The highest BCUT2D eigenvalue weighted by Gasteiger charge is 2.42. The highest BCUT2D eigenvalue weighted by molar-refractivity contribution is 8.13. The van der Waals surface area contributed by atoms with Crippen LogP contribution < -0.4 is 0 Å². The quantitative estimate of drug-likeness (QED) is 0.443. The maximum Gasteiger partial charge on any atom is 0.185 e. The Morgan fingerprint density at radius 2 is 1.80 bits per heavy atom. The van der Waals surface area contributed by atoms with Crippen LogP contribution in [-0.4, -0.2) is 62.0 Å². The van der Waals surface area contributed by atoms with E-state index in [0.717, 1.165) is 11.8 Å². The van der Waals surface area contributed by atoms with Crippen LogP contribution in [-0.2, 0) is 9.53 Å². The van der Waals surface area contributed by atoms with Crippen LogP contribution in [0.1, 0.15) is 6.92 Å². The average Bonchev–Trinajstić information content (AvgIpc) is 2.18. The molecule has 6 nitrogen and oxygen atoms in total. The normalized spacial score (nSPS) is 41.5. The summed E-state index contributed by atoms with van der Waals surface area (Å²) in [6.45, 7) is 1.36. The van der Waals surface area contributed by atoms with Crippen LogP contribution in [0, 0.1) is 0 Å². The Kier molecular flexibility index (Phi) is 4.50. The van der Waals surface area contributed by atoms with Crippen LogP contribution >= 0.6 is 11.8 Å². The summed E-state index contributed by atoms with van der Waals surface area (Å²) < 4.78 is 4.85. The number of hydrogen-bond acceptors (Lipinski definition) is 7. The lowest BCUT2D eigenvalue weighted by molar-refractivity contribution is -0.276. The van der Waals surface area contributed by atoms with Crippen molar-refractivity contribution in [3.05, 3.63) is 0 Å². The summed E-state index contributed by atoms with van der Waals surface area (Å²) in [6, 6.07) is 0. The SMILES string of the molecule is CC(=O)SC[C@H]1O[C@H](O)[C@H](O)[C@@H](O)[C@H]1O. The summed E-state index contributed by atoms with van der Waals surface area (Å²) in [5.41, 5.74) is 0. The molecule has 0 aromatic rings. The molecule has 1 saturated heterocycles. The van der Waals surface area contributed by atoms with Crippen molar-refractivity contribution >= 4 is 16.9 Å². The Labute approximate surface area is 90.9 Å². The number of hydrogen-bond donors (Lipinski definition) is 4. The summed E-state index contributed by atoms with van der Waals surface area (Å²) in [5.74, 6) is 0.122. The van der Waals surface area contributed by atoms with Gasteiger partial charge in [-0.2, -0.15) is 0 Å². The Hall–Kier alpha value is -0.180. The van der Waals surface area contributed by atoms with Gasteiger partial charge < -0.3 is 25.2 Å². The van der Waals surface area contributed by atoms with Gasteiger partial charge in [0.05, 0.1) is 6.10 Å². The molecule has 88 valence electrons. The minimum Gasteiger partial charge on any atom is -0.388 e. The molecular weight excluding hydrogens is 224 g/mol. The summed E-state index contributed by atoms with van der Waals surface area (Å²) in [4.78, 5) is 10.7. The molecule has 0 aromatic carbocycles. The van der Waals surface area contributed by atoms with E-state index in [9.17, 15) is 15.0 Å². The lowest BCUT2D eigenvalue weighted by Crippen LogP contribution is -2.58. The molecule has 1 rings (SSSR count). The third kappa shape index (κ3) is 3.13. The van der Waals surface area contributed by atoms with Crippen LogP contribution in [0.3, 0.4) is 0 Å². The Morgan fingerprint density at radius 3 is 2.33 bits per heavy atom. The molecule has 0 aliphatic carbocycles. The fourth-order valence-corrected chi connectivity index (χ4v) is 1.94. The van der Waals surface area contributed by atoms with Crippen molar-refractivity contribution in [3.8, 4) is 0 Å². The van der Waals surface area contributed by atoms with Gasteiger partial charge in [0.2, 0.25) is 0 Å². The second-order valence-corrected chi connectivity index (χ2v) is 4.54. The largest absolute Gasteiger partial charge is 0.388 e. The van der Waals surface area contributed by atoms with Crippen molar-refractivity contribution in [1.29, 1.82) is 0 Å². The van der Waals surface area contributed by atoms with Crippen LogP contribution in [0.15, 0.2) is 0 Å². The van der Waals surface area contributed by atoms with Crippen molar-refractivity contribution in [2.75, 3.05) is 5.75 Å². The van der Waals surface area contributed by atoms with Crippen molar-refractivity contribution in [2.24, 2.45) is 0 Å². The predicted molar refractivity (Wildman–Crippen MR) is 52.0 cm³/mol. The summed E-state index contributed by atoms with van der Waals surface area (Å²) in [6.07, 6.45) is -6.71. The van der Waals surface area contributed by atoms with Gasteiger partial charge in [0.15, 0.2) is 11.4 Å². The zero-order chi connectivity index (χ0) is 11.6. The molecule has 0 amide bonds. The van der Waals surface area contributed by atoms with E-state index in [4.69, 9.17) is 14.9 Å². The van der Waals surface area contributed by atoms with Gasteiger partial charge in [-0.15, -0.1) is 0 Å². The molecule has 1 aliphatic rings. The summed E-state index contributed by atoms with van der Waals surface area (Å²) in [5, 5.41) is 37.0. The molecule has 1 heterocycles. The van der Waals surface area contributed by atoms with E-state index < -0.39 is 30.7 Å². The third-order valence-electron chi connectivity index (χ3n) is 2.14. The number of ether oxygens (including phenoxy) is 1. The zero-order valence-corrected chi connectivity index (χ0v) is 8.92. The maximum atomic E-state index is 10.7. The Morgan fingerprint density at radius 1 is 1.20 bits per heavy atom. The van der Waals surface area contributed by atoms with E-state index >= 15 is 0 Å². The molecule has 15 heavy (non-hydrogen) atoms. The topological polar surface area (TPSA) is 107 Å². The molecule has 7 heteroatoms. The van der Waals surface area contributed by atoms with E-state index in [2.05, 4.69) is 0 Å². The third-order valence-corrected chi connectivity index (χ3v) is 3.04. The number of aliphatic hydroxyl groups excluding tert-OH is 4. The number of aliphatic hydroxyl groups is 4. The molecule has 0 unspecified atom stereocenters. The second-order valence-electron chi connectivity index (χ2n) is 3.34. The second kappa shape index (κ2) is 5.24. The van der Waals surface area contributed by atoms with Gasteiger partial charge in [0.25, 0.3) is 0 Å². The molecule has 1 fully saturated rings. The standard InChI is InChI=1S/C8H14O6S/c1-3(9)15-2-4-5(10)6(11)7(12)8(13)14-4/h4-8,10-13H,2H2,1H3/t4-,5+,6+,7-,8+/m1/s1. The van der Waals surface area contributed by atoms with Crippen LogP contribution in [0.2, 0.25) is 0 Å². The highest BCUT2D eigenvalue weighted by Crippen LogP contribution is 2.22. The fourth-order valence-electron chi connectivity index (χ4n) is 1.27. The van der Waals surface area contributed by atoms with Gasteiger partial charge in [-0.25, -0.2) is 0 Å². The minimum absolute atomic E-state index is 0.122. The van der Waals surface area contributed by atoms with E-state index in [0.29, 0.717) is 0 Å². The van der Waals surface area contributed by atoms with E-state index in [1.165, 1.54) is 6.92 Å². The van der Waals surface area contributed by atoms with Crippen LogP contribution in [0.5, 0.6) is 0 Å². The first-order valence-electron chi connectivity index (χ1n) is 4.44. The monoisotopic (exact) mass is 238 g/mol. The molecule has 1 aliphatic heterocycles. The molecule has 5 atom stereocenters. The Balaban J connectivity index is 2.54. The number of carbonyl (C=O) groups excluding carboxylic acids is 1. The predicted octanol–water partition coefficient (Wildman–Crippen LogP) is -1.93. The Bertz CT molecular complexity index is 235. The van der Waals surface area contributed by atoms with Crippen molar-refractivity contribution in [2.45, 2.75) is 37.6 Å². The summed E-state index contributed by atoms with van der Waals surface area (Å²) >= 11 is 0.919. The van der Waals surface area contributed by atoms with Crippen molar-refractivity contribution < 1.29 is 30.0 Å². The van der Waals surface area contributed by atoms with Gasteiger partial charge in [-0.05, 0) is 0 Å². The maximum absolute atomic E-state index is 10.7.